The maximum Gasteiger partial charge on any atom is 0.342 e. The van der Waals surface area contributed by atoms with Crippen LogP contribution in [-0.2, 0) is 4.74 Å². The second kappa shape index (κ2) is 9.26. The van der Waals surface area contributed by atoms with Gasteiger partial charge >= 0.3 is 5.97 Å². The number of benzene rings is 3. The van der Waals surface area contributed by atoms with Crippen molar-refractivity contribution in [3.63, 3.8) is 0 Å². The molecule has 0 aliphatic heterocycles. The molecule has 0 spiro atoms. The van der Waals surface area contributed by atoms with Crippen molar-refractivity contribution in [2.75, 3.05) is 13.7 Å². The van der Waals surface area contributed by atoms with Crippen LogP contribution in [0.2, 0.25) is 0 Å². The van der Waals surface area contributed by atoms with Gasteiger partial charge in [-0.2, -0.15) is 5.10 Å². The molecular formula is C25H19FN2O4. The van der Waals surface area contributed by atoms with Gasteiger partial charge in [0.15, 0.2) is 6.61 Å². The molecule has 0 amide bonds. The Bertz CT molecular complexity index is 1250. The van der Waals surface area contributed by atoms with Crippen LogP contribution < -0.4 is 4.74 Å². The second-order valence-corrected chi connectivity index (χ2v) is 6.88. The second-order valence-electron chi connectivity index (χ2n) is 6.88. The lowest BCUT2D eigenvalue weighted by molar-refractivity contribution is 0.0474. The molecule has 0 saturated carbocycles. The number of halogens is 1. The van der Waals surface area contributed by atoms with Crippen LogP contribution in [0, 0.1) is 5.82 Å². The molecule has 0 aliphatic rings. The molecule has 0 fully saturated rings. The molecule has 0 bridgehead atoms. The van der Waals surface area contributed by atoms with E-state index >= 15 is 0 Å². The van der Waals surface area contributed by atoms with E-state index < -0.39 is 24.2 Å². The number of ether oxygens (including phenoxy) is 2. The first-order chi connectivity index (χ1) is 15.6. The molecule has 160 valence electrons. The highest BCUT2D eigenvalue weighted by molar-refractivity contribution is 6.02. The summed E-state index contributed by atoms with van der Waals surface area (Å²) in [4.78, 5) is 25.5. The van der Waals surface area contributed by atoms with Gasteiger partial charge in [-0.1, -0.05) is 30.3 Å². The van der Waals surface area contributed by atoms with Gasteiger partial charge in [0, 0.05) is 11.8 Å². The number of para-hydroxylation sites is 2. The number of methoxy groups -OCH3 is 1. The van der Waals surface area contributed by atoms with Crippen LogP contribution in [0.4, 0.5) is 4.39 Å². The summed E-state index contributed by atoms with van der Waals surface area (Å²) in [5.74, 6) is -1.11. The molecule has 32 heavy (non-hydrogen) atoms. The Morgan fingerprint density at radius 2 is 1.59 bits per heavy atom. The van der Waals surface area contributed by atoms with Crippen LogP contribution in [-0.4, -0.2) is 35.2 Å². The third kappa shape index (κ3) is 4.41. The number of hydrogen-bond donors (Lipinski definition) is 0. The van der Waals surface area contributed by atoms with Gasteiger partial charge in [0.2, 0.25) is 5.78 Å². The van der Waals surface area contributed by atoms with E-state index in [4.69, 9.17) is 9.47 Å². The number of hydrogen-bond acceptors (Lipinski definition) is 5. The van der Waals surface area contributed by atoms with Crippen molar-refractivity contribution in [3.8, 4) is 22.7 Å². The normalized spacial score (nSPS) is 10.6. The monoisotopic (exact) mass is 430 g/mol. The fraction of sp³-hybridized carbons (Fsp3) is 0.0800. The molecular weight excluding hydrogens is 411 g/mol. The lowest BCUT2D eigenvalue weighted by Crippen LogP contribution is -2.15. The molecule has 3 aromatic carbocycles. The fourth-order valence-corrected chi connectivity index (χ4v) is 3.22. The van der Waals surface area contributed by atoms with Gasteiger partial charge in [0.25, 0.3) is 0 Å². The third-order valence-corrected chi connectivity index (χ3v) is 4.81. The number of esters is 1. The van der Waals surface area contributed by atoms with Crippen LogP contribution in [0.15, 0.2) is 85.1 Å². The minimum atomic E-state index is -0.713. The van der Waals surface area contributed by atoms with Crippen LogP contribution in [0.5, 0.6) is 5.75 Å². The highest BCUT2D eigenvalue weighted by Crippen LogP contribution is 2.25. The van der Waals surface area contributed by atoms with Crippen LogP contribution >= 0.6 is 0 Å². The van der Waals surface area contributed by atoms with E-state index in [1.165, 1.54) is 42.3 Å². The summed E-state index contributed by atoms with van der Waals surface area (Å²) in [5, 5.41) is 4.50. The highest BCUT2D eigenvalue weighted by Gasteiger charge is 2.22. The smallest absolute Gasteiger partial charge is 0.342 e. The van der Waals surface area contributed by atoms with Gasteiger partial charge in [0.05, 0.1) is 18.4 Å². The molecule has 0 aliphatic carbocycles. The molecule has 7 heteroatoms. The fourth-order valence-electron chi connectivity index (χ4n) is 3.22. The summed E-state index contributed by atoms with van der Waals surface area (Å²) in [6.07, 6.45) is 1.53. The Morgan fingerprint density at radius 1 is 0.906 bits per heavy atom. The van der Waals surface area contributed by atoms with Crippen molar-refractivity contribution < 1.29 is 23.5 Å². The number of nitrogens with zero attached hydrogens (tertiary/aromatic N) is 2. The Labute approximate surface area is 183 Å². The van der Waals surface area contributed by atoms with E-state index in [0.29, 0.717) is 22.6 Å². The molecule has 4 rings (SSSR count). The van der Waals surface area contributed by atoms with Crippen molar-refractivity contribution in [1.29, 1.82) is 0 Å². The summed E-state index contributed by atoms with van der Waals surface area (Å²) in [6, 6.07) is 21.6. The third-order valence-electron chi connectivity index (χ3n) is 4.81. The number of rotatable bonds is 7. The van der Waals surface area contributed by atoms with Gasteiger partial charge in [-0.3, -0.25) is 4.79 Å². The quantitative estimate of drug-likeness (QED) is 0.313. The van der Waals surface area contributed by atoms with Crippen LogP contribution in [0.25, 0.3) is 16.9 Å². The summed E-state index contributed by atoms with van der Waals surface area (Å²) in [7, 11) is 1.46. The van der Waals surface area contributed by atoms with E-state index in [2.05, 4.69) is 5.10 Å². The Hall–Kier alpha value is -4.26. The van der Waals surface area contributed by atoms with Crippen molar-refractivity contribution in [2.45, 2.75) is 0 Å². The molecule has 1 heterocycles. The predicted molar refractivity (Wildman–Crippen MR) is 117 cm³/mol. The van der Waals surface area contributed by atoms with Crippen molar-refractivity contribution in [2.24, 2.45) is 0 Å². The van der Waals surface area contributed by atoms with Crippen LogP contribution in [0.3, 0.4) is 0 Å². The maximum absolute atomic E-state index is 13.4. The molecule has 0 N–H and O–H groups in total. The number of carbonyl (C=O) groups is 2. The molecule has 6 nitrogen and oxygen atoms in total. The molecule has 0 radical (unpaired) electrons. The largest absolute Gasteiger partial charge is 0.496 e. The van der Waals surface area contributed by atoms with Crippen molar-refractivity contribution in [3.05, 3.63) is 102 Å². The average Bonchev–Trinajstić information content (AvgIpc) is 3.29. The molecule has 0 saturated heterocycles. The lowest BCUT2D eigenvalue weighted by Gasteiger charge is -2.08. The zero-order valence-electron chi connectivity index (χ0n) is 17.2. The zero-order chi connectivity index (χ0) is 22.5. The van der Waals surface area contributed by atoms with E-state index in [-0.39, 0.29) is 5.56 Å². The van der Waals surface area contributed by atoms with E-state index in [1.54, 1.807) is 24.3 Å². The molecule has 0 atom stereocenters. The average molecular weight is 430 g/mol. The number of ketones is 1. The zero-order valence-corrected chi connectivity index (χ0v) is 17.2. The van der Waals surface area contributed by atoms with E-state index in [9.17, 15) is 14.0 Å². The summed E-state index contributed by atoms with van der Waals surface area (Å²) < 4.78 is 25.4. The maximum atomic E-state index is 13.4. The van der Waals surface area contributed by atoms with Gasteiger partial charge < -0.3 is 9.47 Å². The van der Waals surface area contributed by atoms with Crippen molar-refractivity contribution >= 4 is 11.8 Å². The standard InChI is InChI=1S/C25H19FN2O4/c1-31-23-10-6-5-9-20(23)22(29)16-32-25(30)21-15-28(19-7-3-2-4-8-19)27-24(21)17-11-13-18(26)14-12-17/h2-15H,16H2,1H3. The Balaban J connectivity index is 1.62. The first-order valence-corrected chi connectivity index (χ1v) is 9.81. The summed E-state index contributed by atoms with van der Waals surface area (Å²) >= 11 is 0. The minimum absolute atomic E-state index is 0.160. The Morgan fingerprint density at radius 3 is 2.31 bits per heavy atom. The van der Waals surface area contributed by atoms with Gasteiger partial charge in [0.1, 0.15) is 22.8 Å². The molecule has 1 aromatic heterocycles. The first kappa shape index (κ1) is 21.0. The Kier molecular flexibility index (Phi) is 6.07. The van der Waals surface area contributed by atoms with E-state index in [1.807, 2.05) is 30.3 Å². The van der Waals surface area contributed by atoms with Gasteiger partial charge in [-0.05, 0) is 48.5 Å². The number of aromatic nitrogens is 2. The molecule has 4 aromatic rings. The lowest BCUT2D eigenvalue weighted by atomic mass is 10.1. The summed E-state index contributed by atoms with van der Waals surface area (Å²) in [6.45, 7) is -0.460. The number of Topliss-reactive ketones (excluding diaryl/α,β-unsaturated/α-hetero) is 1. The SMILES string of the molecule is COc1ccccc1C(=O)COC(=O)c1cn(-c2ccccc2)nc1-c1ccc(F)cc1. The molecule has 0 unspecified atom stereocenters. The topological polar surface area (TPSA) is 70.4 Å². The first-order valence-electron chi connectivity index (χ1n) is 9.81. The van der Waals surface area contributed by atoms with Crippen molar-refractivity contribution in [1.82, 2.24) is 9.78 Å². The summed E-state index contributed by atoms with van der Waals surface area (Å²) in [5.41, 5.74) is 2.09. The van der Waals surface area contributed by atoms with Gasteiger partial charge in [-0.25, -0.2) is 13.9 Å². The minimum Gasteiger partial charge on any atom is -0.496 e. The van der Waals surface area contributed by atoms with Crippen LogP contribution in [0.1, 0.15) is 20.7 Å². The number of carbonyl (C=O) groups excluding carboxylic acids is 2. The predicted octanol–water partition coefficient (Wildman–Crippen LogP) is 4.73. The highest BCUT2D eigenvalue weighted by atomic mass is 19.1. The van der Waals surface area contributed by atoms with Gasteiger partial charge in [-0.15, -0.1) is 0 Å². The van der Waals surface area contributed by atoms with E-state index in [0.717, 1.165) is 5.69 Å².